The van der Waals surface area contributed by atoms with E-state index < -0.39 is 0 Å². The van der Waals surface area contributed by atoms with E-state index in [4.69, 9.17) is 27.6 Å². The third kappa shape index (κ3) is 2.35. The second kappa shape index (κ2) is 5.55. The fraction of sp³-hybridized carbons (Fsp3) is 0.118. The number of hydrogen-bond donors (Lipinski definition) is 0. The van der Waals surface area contributed by atoms with Crippen molar-refractivity contribution in [1.29, 1.82) is 0 Å². The van der Waals surface area contributed by atoms with Gasteiger partial charge in [-0.25, -0.2) is 0 Å². The lowest BCUT2D eigenvalue weighted by atomic mass is 9.99. The molecule has 0 saturated carbocycles. The third-order valence-electron chi connectivity index (χ3n) is 3.41. The van der Waals surface area contributed by atoms with E-state index in [9.17, 15) is 4.79 Å². The maximum atomic E-state index is 12.9. The number of furan rings is 1. The monoisotopic (exact) mass is 318 g/mol. The number of halogens is 2. The molecule has 0 radical (unpaired) electrons. The molecule has 0 atom stereocenters. The van der Waals surface area contributed by atoms with Gasteiger partial charge < -0.3 is 4.42 Å². The fourth-order valence-electron chi connectivity index (χ4n) is 2.43. The number of ketones is 1. The first-order valence-corrected chi connectivity index (χ1v) is 7.38. The Morgan fingerprint density at radius 3 is 2.33 bits per heavy atom. The Balaban J connectivity index is 2.27. The summed E-state index contributed by atoms with van der Waals surface area (Å²) in [7, 11) is 0. The lowest BCUT2D eigenvalue weighted by Gasteiger charge is -2.06. The van der Waals surface area contributed by atoms with Crippen molar-refractivity contribution >= 4 is 40.0 Å². The molecule has 0 unspecified atom stereocenters. The molecule has 3 aromatic rings. The van der Waals surface area contributed by atoms with Crippen LogP contribution in [0.4, 0.5) is 0 Å². The van der Waals surface area contributed by atoms with E-state index in [1.54, 1.807) is 18.2 Å². The van der Waals surface area contributed by atoms with Crippen LogP contribution in [0.5, 0.6) is 0 Å². The molecule has 1 aromatic heterocycles. The number of aryl methyl sites for hydroxylation is 1. The van der Waals surface area contributed by atoms with Crippen molar-refractivity contribution in [2.24, 2.45) is 0 Å². The maximum absolute atomic E-state index is 12.9. The summed E-state index contributed by atoms with van der Waals surface area (Å²) in [6.07, 6.45) is 0.623. The predicted molar refractivity (Wildman–Crippen MR) is 85.5 cm³/mol. The van der Waals surface area contributed by atoms with Crippen LogP contribution in [0.25, 0.3) is 11.0 Å². The van der Waals surface area contributed by atoms with Gasteiger partial charge in [0.2, 0.25) is 0 Å². The van der Waals surface area contributed by atoms with Gasteiger partial charge in [-0.15, -0.1) is 0 Å². The Hall–Kier alpha value is -1.77. The van der Waals surface area contributed by atoms with Gasteiger partial charge in [-0.1, -0.05) is 54.4 Å². The normalized spacial score (nSPS) is 11.0. The lowest BCUT2D eigenvalue weighted by molar-refractivity contribution is 0.103. The van der Waals surface area contributed by atoms with Crippen molar-refractivity contribution in [2.45, 2.75) is 13.3 Å². The van der Waals surface area contributed by atoms with Crippen LogP contribution in [-0.4, -0.2) is 5.78 Å². The van der Waals surface area contributed by atoms with Gasteiger partial charge in [0.25, 0.3) is 0 Å². The predicted octanol–water partition coefficient (Wildman–Crippen LogP) is 5.53. The molecule has 2 aromatic carbocycles. The summed E-state index contributed by atoms with van der Waals surface area (Å²) in [6, 6.07) is 12.5. The zero-order valence-corrected chi connectivity index (χ0v) is 12.8. The van der Waals surface area contributed by atoms with E-state index in [0.29, 0.717) is 38.9 Å². The molecule has 2 nitrogen and oxygen atoms in total. The van der Waals surface area contributed by atoms with Crippen LogP contribution in [0.1, 0.15) is 28.6 Å². The van der Waals surface area contributed by atoms with E-state index in [2.05, 4.69) is 0 Å². The summed E-state index contributed by atoms with van der Waals surface area (Å²) < 4.78 is 5.76. The number of carbonyl (C=O) groups is 1. The standard InChI is InChI=1S/C17H12Cl2O2/c1-2-13-15(10-6-3-4-9-14(10)21-13)17(20)16-11(18)7-5-8-12(16)19/h3-9H,2H2,1H3. The van der Waals surface area contributed by atoms with E-state index in [1.807, 2.05) is 31.2 Å². The number of hydrogen-bond acceptors (Lipinski definition) is 2. The van der Waals surface area contributed by atoms with Crippen LogP contribution < -0.4 is 0 Å². The van der Waals surface area contributed by atoms with Crippen LogP contribution in [0.2, 0.25) is 10.0 Å². The minimum Gasteiger partial charge on any atom is -0.460 e. The van der Waals surface area contributed by atoms with E-state index in [1.165, 1.54) is 0 Å². The summed E-state index contributed by atoms with van der Waals surface area (Å²) >= 11 is 12.3. The van der Waals surface area contributed by atoms with Gasteiger partial charge in [-0.2, -0.15) is 0 Å². The van der Waals surface area contributed by atoms with Gasteiger partial charge in [-0.3, -0.25) is 4.79 Å². The average molecular weight is 319 g/mol. The Labute approximate surface area is 132 Å². The zero-order chi connectivity index (χ0) is 15.0. The molecular formula is C17H12Cl2O2. The van der Waals surface area contributed by atoms with Gasteiger partial charge in [0, 0.05) is 11.8 Å². The quantitative estimate of drug-likeness (QED) is 0.594. The highest BCUT2D eigenvalue weighted by molar-refractivity contribution is 6.41. The number of para-hydroxylation sites is 1. The number of benzene rings is 2. The number of carbonyl (C=O) groups excluding carboxylic acids is 1. The Morgan fingerprint density at radius 2 is 1.67 bits per heavy atom. The van der Waals surface area contributed by atoms with Gasteiger partial charge in [0.05, 0.1) is 21.2 Å². The fourth-order valence-corrected chi connectivity index (χ4v) is 3.00. The SMILES string of the molecule is CCc1oc2ccccc2c1C(=O)c1c(Cl)cccc1Cl. The minimum absolute atomic E-state index is 0.201. The van der Waals surface area contributed by atoms with Crippen LogP contribution in [0, 0.1) is 0 Å². The molecule has 21 heavy (non-hydrogen) atoms. The van der Waals surface area contributed by atoms with E-state index in [-0.39, 0.29) is 5.78 Å². The summed E-state index contributed by atoms with van der Waals surface area (Å²) in [6.45, 7) is 1.95. The smallest absolute Gasteiger partial charge is 0.200 e. The van der Waals surface area contributed by atoms with Crippen molar-refractivity contribution in [1.82, 2.24) is 0 Å². The Morgan fingerprint density at radius 1 is 1.00 bits per heavy atom. The molecule has 0 N–H and O–H groups in total. The molecule has 0 fully saturated rings. The summed E-state index contributed by atoms with van der Waals surface area (Å²) in [5.41, 5.74) is 1.56. The largest absolute Gasteiger partial charge is 0.460 e. The first kappa shape index (κ1) is 14.2. The summed E-state index contributed by atoms with van der Waals surface area (Å²) in [5.74, 6) is 0.449. The van der Waals surface area contributed by atoms with Gasteiger partial charge in [0.1, 0.15) is 11.3 Å². The summed E-state index contributed by atoms with van der Waals surface area (Å²) in [4.78, 5) is 12.9. The van der Waals surface area contributed by atoms with Crippen LogP contribution >= 0.6 is 23.2 Å². The average Bonchev–Trinajstić information content (AvgIpc) is 2.85. The zero-order valence-electron chi connectivity index (χ0n) is 11.3. The molecule has 0 aliphatic heterocycles. The highest BCUT2D eigenvalue weighted by Gasteiger charge is 2.24. The lowest BCUT2D eigenvalue weighted by Crippen LogP contribution is -2.05. The molecule has 4 heteroatoms. The second-order valence-electron chi connectivity index (χ2n) is 4.68. The Bertz CT molecular complexity index is 814. The van der Waals surface area contributed by atoms with Gasteiger partial charge in [-0.05, 0) is 18.2 Å². The van der Waals surface area contributed by atoms with Crippen LogP contribution in [0.3, 0.4) is 0 Å². The molecule has 0 aliphatic carbocycles. The highest BCUT2D eigenvalue weighted by atomic mass is 35.5. The Kier molecular flexibility index (Phi) is 3.75. The molecular weight excluding hydrogens is 307 g/mol. The number of rotatable bonds is 3. The van der Waals surface area contributed by atoms with Crippen molar-refractivity contribution in [3.8, 4) is 0 Å². The molecule has 3 rings (SSSR count). The number of fused-ring (bicyclic) bond motifs is 1. The van der Waals surface area contributed by atoms with E-state index >= 15 is 0 Å². The molecule has 0 spiro atoms. The summed E-state index contributed by atoms with van der Waals surface area (Å²) in [5, 5.41) is 1.48. The first-order chi connectivity index (χ1) is 10.1. The van der Waals surface area contributed by atoms with Gasteiger partial charge in [0.15, 0.2) is 5.78 Å². The van der Waals surface area contributed by atoms with E-state index in [0.717, 1.165) is 5.39 Å². The van der Waals surface area contributed by atoms with Gasteiger partial charge >= 0.3 is 0 Å². The third-order valence-corrected chi connectivity index (χ3v) is 4.04. The minimum atomic E-state index is -0.201. The molecule has 0 saturated heterocycles. The van der Waals surface area contributed by atoms with Crippen molar-refractivity contribution < 1.29 is 9.21 Å². The highest BCUT2D eigenvalue weighted by Crippen LogP contribution is 2.33. The first-order valence-electron chi connectivity index (χ1n) is 6.62. The molecule has 1 heterocycles. The molecule has 0 amide bonds. The molecule has 0 aliphatic rings. The topological polar surface area (TPSA) is 30.2 Å². The van der Waals surface area contributed by atoms with Crippen molar-refractivity contribution in [3.63, 3.8) is 0 Å². The molecule has 106 valence electrons. The van der Waals surface area contributed by atoms with Crippen LogP contribution in [-0.2, 0) is 6.42 Å². The van der Waals surface area contributed by atoms with Crippen molar-refractivity contribution in [2.75, 3.05) is 0 Å². The second-order valence-corrected chi connectivity index (χ2v) is 5.49. The molecule has 0 bridgehead atoms. The maximum Gasteiger partial charge on any atom is 0.200 e. The van der Waals surface area contributed by atoms with Crippen LogP contribution in [0.15, 0.2) is 46.9 Å². The van der Waals surface area contributed by atoms with Crippen molar-refractivity contribution in [3.05, 3.63) is 69.4 Å².